The molecular formula is C25H19Cl2N5O. The van der Waals surface area contributed by atoms with Crippen molar-refractivity contribution in [2.45, 2.75) is 6.42 Å². The molecule has 0 unspecified atom stereocenters. The van der Waals surface area contributed by atoms with Crippen molar-refractivity contribution in [3.63, 3.8) is 0 Å². The van der Waals surface area contributed by atoms with Gasteiger partial charge in [0.05, 0.1) is 20.9 Å². The summed E-state index contributed by atoms with van der Waals surface area (Å²) in [5.74, 6) is -0.133. The lowest BCUT2D eigenvalue weighted by Gasteiger charge is -2.10. The number of para-hydroxylation sites is 1. The highest BCUT2D eigenvalue weighted by Crippen LogP contribution is 2.35. The molecule has 0 fully saturated rings. The summed E-state index contributed by atoms with van der Waals surface area (Å²) in [5.41, 5.74) is 9.61. The molecule has 0 radical (unpaired) electrons. The van der Waals surface area contributed by atoms with Crippen molar-refractivity contribution in [3.8, 4) is 5.69 Å². The number of nitrogen functional groups attached to an aromatic ring is 1. The fourth-order valence-electron chi connectivity index (χ4n) is 3.91. The van der Waals surface area contributed by atoms with E-state index in [4.69, 9.17) is 28.9 Å². The highest BCUT2D eigenvalue weighted by atomic mass is 35.5. The van der Waals surface area contributed by atoms with Gasteiger partial charge in [0.1, 0.15) is 5.82 Å². The normalized spacial score (nSPS) is 11.2. The van der Waals surface area contributed by atoms with E-state index in [-0.39, 0.29) is 17.5 Å². The molecule has 3 aromatic carbocycles. The van der Waals surface area contributed by atoms with Crippen LogP contribution in [0.4, 0.5) is 5.82 Å². The van der Waals surface area contributed by atoms with E-state index < -0.39 is 0 Å². The highest BCUT2D eigenvalue weighted by molar-refractivity contribution is 6.42. The van der Waals surface area contributed by atoms with Crippen LogP contribution in [0.5, 0.6) is 0 Å². The molecule has 0 saturated heterocycles. The zero-order chi connectivity index (χ0) is 22.9. The molecule has 0 spiro atoms. The average Bonchev–Trinajstić information content (AvgIpc) is 3.16. The minimum atomic E-state index is -0.384. The molecule has 33 heavy (non-hydrogen) atoms. The first kappa shape index (κ1) is 21.2. The minimum Gasteiger partial charge on any atom is -0.383 e. The Kier molecular flexibility index (Phi) is 5.62. The number of nitrogens with two attached hydrogens (primary N) is 1. The number of hydrogen-bond acceptors (Lipinski definition) is 4. The fourth-order valence-corrected chi connectivity index (χ4v) is 4.20. The predicted molar refractivity (Wildman–Crippen MR) is 133 cm³/mol. The summed E-state index contributed by atoms with van der Waals surface area (Å²) >= 11 is 12.4. The molecule has 0 bridgehead atoms. The van der Waals surface area contributed by atoms with Gasteiger partial charge in [0, 0.05) is 17.6 Å². The van der Waals surface area contributed by atoms with Gasteiger partial charge < -0.3 is 11.1 Å². The second kappa shape index (κ2) is 8.73. The van der Waals surface area contributed by atoms with Crippen LogP contribution in [0.15, 0.2) is 72.8 Å². The Bertz CT molecular complexity index is 1500. The molecule has 8 heteroatoms. The van der Waals surface area contributed by atoms with E-state index in [1.165, 1.54) is 0 Å². The van der Waals surface area contributed by atoms with Crippen molar-refractivity contribution in [1.82, 2.24) is 19.9 Å². The largest absolute Gasteiger partial charge is 0.383 e. The van der Waals surface area contributed by atoms with Crippen LogP contribution < -0.4 is 11.1 Å². The Morgan fingerprint density at radius 3 is 2.48 bits per heavy atom. The van der Waals surface area contributed by atoms with E-state index in [9.17, 15) is 4.79 Å². The van der Waals surface area contributed by atoms with Gasteiger partial charge in [-0.3, -0.25) is 9.36 Å². The smallest absolute Gasteiger partial charge is 0.289 e. The van der Waals surface area contributed by atoms with Gasteiger partial charge in [0.2, 0.25) is 5.82 Å². The van der Waals surface area contributed by atoms with Gasteiger partial charge in [-0.15, -0.1) is 0 Å². The quantitative estimate of drug-likeness (QED) is 0.354. The third-order valence-corrected chi connectivity index (χ3v) is 6.19. The monoisotopic (exact) mass is 475 g/mol. The number of aromatic nitrogens is 3. The van der Waals surface area contributed by atoms with Crippen molar-refractivity contribution >= 4 is 56.9 Å². The fraction of sp³-hybridized carbons (Fsp3) is 0.0800. The lowest BCUT2D eigenvalue weighted by molar-refractivity contribution is 0.0944. The van der Waals surface area contributed by atoms with Gasteiger partial charge in [-0.1, -0.05) is 71.7 Å². The number of carbonyl (C=O) groups excluding carboxylic acids is 1. The molecule has 5 aromatic rings. The zero-order valence-corrected chi connectivity index (χ0v) is 18.9. The lowest BCUT2D eigenvalue weighted by Crippen LogP contribution is -2.28. The number of amides is 1. The molecule has 0 saturated carbocycles. The molecule has 1 amide bonds. The van der Waals surface area contributed by atoms with Crippen molar-refractivity contribution in [2.24, 2.45) is 0 Å². The number of fused-ring (bicyclic) bond motifs is 3. The van der Waals surface area contributed by atoms with Gasteiger partial charge in [0.15, 0.2) is 5.65 Å². The second-order valence-corrected chi connectivity index (χ2v) is 8.39. The van der Waals surface area contributed by atoms with E-state index in [1.807, 2.05) is 65.2 Å². The summed E-state index contributed by atoms with van der Waals surface area (Å²) < 4.78 is 1.91. The van der Waals surface area contributed by atoms with Crippen LogP contribution >= 0.6 is 23.2 Å². The zero-order valence-electron chi connectivity index (χ0n) is 17.4. The number of halogens is 2. The Labute approximate surface area is 200 Å². The third-order valence-electron chi connectivity index (χ3n) is 5.45. The SMILES string of the molecule is Nc1nc(C(=O)NCCc2ccccc2)nc2c1c1ccccc1n2-c1ccc(Cl)c(Cl)c1. The molecule has 0 aliphatic carbocycles. The third kappa shape index (κ3) is 3.99. The molecule has 0 atom stereocenters. The number of anilines is 1. The van der Waals surface area contributed by atoms with Crippen LogP contribution in [-0.4, -0.2) is 27.0 Å². The topological polar surface area (TPSA) is 85.8 Å². The van der Waals surface area contributed by atoms with E-state index in [2.05, 4.69) is 15.3 Å². The first-order valence-electron chi connectivity index (χ1n) is 10.4. The molecule has 0 aliphatic heterocycles. The predicted octanol–water partition coefficient (Wildman–Crippen LogP) is 5.44. The van der Waals surface area contributed by atoms with Gasteiger partial charge >= 0.3 is 0 Å². The average molecular weight is 476 g/mol. The summed E-state index contributed by atoms with van der Waals surface area (Å²) in [4.78, 5) is 21.8. The summed E-state index contributed by atoms with van der Waals surface area (Å²) in [6.07, 6.45) is 0.702. The molecule has 2 aromatic heterocycles. The maximum absolute atomic E-state index is 12.9. The Hall–Kier alpha value is -3.61. The maximum Gasteiger partial charge on any atom is 0.289 e. The van der Waals surface area contributed by atoms with E-state index >= 15 is 0 Å². The van der Waals surface area contributed by atoms with Crippen LogP contribution in [0.3, 0.4) is 0 Å². The van der Waals surface area contributed by atoms with Gasteiger partial charge in [-0.2, -0.15) is 0 Å². The summed E-state index contributed by atoms with van der Waals surface area (Å²) in [6, 6.07) is 23.0. The van der Waals surface area contributed by atoms with Crippen molar-refractivity contribution < 1.29 is 4.79 Å². The molecule has 2 heterocycles. The summed E-state index contributed by atoms with van der Waals surface area (Å²) in [5, 5.41) is 5.31. The first-order chi connectivity index (χ1) is 16.0. The number of nitrogens with one attached hydrogen (secondary N) is 1. The molecule has 164 valence electrons. The molecule has 0 aliphatic rings. The van der Waals surface area contributed by atoms with Gasteiger partial charge in [-0.25, -0.2) is 9.97 Å². The Morgan fingerprint density at radius 1 is 0.939 bits per heavy atom. The Morgan fingerprint density at radius 2 is 1.70 bits per heavy atom. The van der Waals surface area contributed by atoms with Gasteiger partial charge in [0.25, 0.3) is 5.91 Å². The number of carbonyl (C=O) groups is 1. The van der Waals surface area contributed by atoms with E-state index in [0.717, 1.165) is 22.2 Å². The number of rotatable bonds is 5. The van der Waals surface area contributed by atoms with Crippen molar-refractivity contribution in [3.05, 3.63) is 94.2 Å². The number of hydrogen-bond donors (Lipinski definition) is 2. The van der Waals surface area contributed by atoms with Crippen LogP contribution in [0, 0.1) is 0 Å². The van der Waals surface area contributed by atoms with Crippen molar-refractivity contribution in [1.29, 1.82) is 0 Å². The minimum absolute atomic E-state index is 0.0113. The summed E-state index contributed by atoms with van der Waals surface area (Å²) in [6.45, 7) is 0.458. The summed E-state index contributed by atoms with van der Waals surface area (Å²) in [7, 11) is 0. The highest BCUT2D eigenvalue weighted by Gasteiger charge is 2.20. The molecular weight excluding hydrogens is 457 g/mol. The van der Waals surface area contributed by atoms with E-state index in [1.54, 1.807) is 12.1 Å². The van der Waals surface area contributed by atoms with Gasteiger partial charge in [-0.05, 0) is 36.2 Å². The Balaban J connectivity index is 1.57. The first-order valence-corrected chi connectivity index (χ1v) is 11.1. The standard InChI is InChI=1S/C25H19Cl2N5O/c26-18-11-10-16(14-19(18)27)32-20-9-5-4-8-17(20)21-22(28)30-23(31-24(21)32)25(33)29-13-12-15-6-2-1-3-7-15/h1-11,14H,12-13H2,(H,29,33)(H2,28,30,31). The molecule has 3 N–H and O–H groups in total. The van der Waals surface area contributed by atoms with Crippen LogP contribution in [0.1, 0.15) is 16.2 Å². The van der Waals surface area contributed by atoms with Crippen LogP contribution in [0.25, 0.3) is 27.6 Å². The maximum atomic E-state index is 12.9. The lowest BCUT2D eigenvalue weighted by atomic mass is 10.1. The molecule has 5 rings (SSSR count). The molecule has 6 nitrogen and oxygen atoms in total. The second-order valence-electron chi connectivity index (χ2n) is 7.57. The van der Waals surface area contributed by atoms with Crippen LogP contribution in [0.2, 0.25) is 10.0 Å². The number of nitrogens with zero attached hydrogens (tertiary/aromatic N) is 3. The number of benzene rings is 3. The van der Waals surface area contributed by atoms with Crippen LogP contribution in [-0.2, 0) is 6.42 Å². The van der Waals surface area contributed by atoms with E-state index in [0.29, 0.717) is 34.0 Å². The van der Waals surface area contributed by atoms with Crippen molar-refractivity contribution in [2.75, 3.05) is 12.3 Å².